The molecule has 0 unspecified atom stereocenters. The highest BCUT2D eigenvalue weighted by molar-refractivity contribution is 9.10. The Morgan fingerprint density at radius 3 is 2.64 bits per heavy atom. The van der Waals surface area contributed by atoms with Crippen molar-refractivity contribution in [3.05, 3.63) is 34.3 Å². The predicted octanol–water partition coefficient (Wildman–Crippen LogP) is 1.98. The number of likely N-dealkylation sites (tertiary alicyclic amines) is 1. The van der Waals surface area contributed by atoms with Crippen molar-refractivity contribution in [3.8, 4) is 0 Å². The Morgan fingerprint density at radius 2 is 2.07 bits per heavy atom. The van der Waals surface area contributed by atoms with Crippen molar-refractivity contribution in [3.63, 3.8) is 0 Å². The fourth-order valence-electron chi connectivity index (χ4n) is 1.85. The van der Waals surface area contributed by atoms with Crippen LogP contribution in [0.5, 0.6) is 0 Å². The highest BCUT2D eigenvalue weighted by Gasteiger charge is 2.18. The van der Waals surface area contributed by atoms with E-state index in [1.54, 1.807) is 0 Å². The summed E-state index contributed by atoms with van der Waals surface area (Å²) >= 11 is 3.43. The molecule has 0 aliphatic carbocycles. The van der Waals surface area contributed by atoms with Crippen molar-refractivity contribution in [2.24, 2.45) is 5.73 Å². The molecule has 0 amide bonds. The standard InChI is InChI=1S/C11H15BrN2/c12-10-3-1-9(2-4-10)7-14-6-5-11(13)8-14/h1-4,11H,5-8,13H2/t11-/m1/s1. The van der Waals surface area contributed by atoms with Crippen molar-refractivity contribution in [1.29, 1.82) is 0 Å². The third-order valence-corrected chi connectivity index (χ3v) is 3.16. The van der Waals surface area contributed by atoms with Gasteiger partial charge < -0.3 is 5.73 Å². The maximum absolute atomic E-state index is 5.85. The minimum Gasteiger partial charge on any atom is -0.326 e. The summed E-state index contributed by atoms with van der Waals surface area (Å²) in [5, 5.41) is 0. The van der Waals surface area contributed by atoms with Gasteiger partial charge in [-0.15, -0.1) is 0 Å². The SMILES string of the molecule is N[C@@H]1CCN(Cc2ccc(Br)cc2)C1. The molecule has 1 fully saturated rings. The number of rotatable bonds is 2. The molecule has 2 rings (SSSR count). The summed E-state index contributed by atoms with van der Waals surface area (Å²) in [5.41, 5.74) is 7.22. The van der Waals surface area contributed by atoms with E-state index in [2.05, 4.69) is 45.1 Å². The fraction of sp³-hybridized carbons (Fsp3) is 0.455. The Balaban J connectivity index is 1.94. The van der Waals surface area contributed by atoms with Crippen LogP contribution in [-0.2, 0) is 6.54 Å². The van der Waals surface area contributed by atoms with Crippen LogP contribution in [0.25, 0.3) is 0 Å². The van der Waals surface area contributed by atoms with E-state index in [1.807, 2.05) is 0 Å². The monoisotopic (exact) mass is 254 g/mol. The van der Waals surface area contributed by atoms with Crippen LogP contribution < -0.4 is 5.73 Å². The second-order valence-electron chi connectivity index (χ2n) is 3.91. The summed E-state index contributed by atoms with van der Waals surface area (Å²) < 4.78 is 1.14. The average Bonchev–Trinajstić information content (AvgIpc) is 2.56. The van der Waals surface area contributed by atoms with Gasteiger partial charge in [0, 0.05) is 30.1 Å². The Labute approximate surface area is 93.2 Å². The number of nitrogens with two attached hydrogens (primary N) is 1. The molecular weight excluding hydrogens is 240 g/mol. The first-order valence-electron chi connectivity index (χ1n) is 4.96. The van der Waals surface area contributed by atoms with Gasteiger partial charge in [0.15, 0.2) is 0 Å². The van der Waals surface area contributed by atoms with E-state index in [-0.39, 0.29) is 0 Å². The average molecular weight is 255 g/mol. The molecule has 0 saturated carbocycles. The summed E-state index contributed by atoms with van der Waals surface area (Å²) in [6.45, 7) is 3.20. The summed E-state index contributed by atoms with van der Waals surface area (Å²) in [6.07, 6.45) is 1.14. The van der Waals surface area contributed by atoms with E-state index in [0.29, 0.717) is 6.04 Å². The van der Waals surface area contributed by atoms with Gasteiger partial charge in [0.2, 0.25) is 0 Å². The van der Waals surface area contributed by atoms with Crippen LogP contribution in [-0.4, -0.2) is 24.0 Å². The first-order valence-corrected chi connectivity index (χ1v) is 5.76. The Morgan fingerprint density at radius 1 is 1.36 bits per heavy atom. The van der Waals surface area contributed by atoms with Crippen molar-refractivity contribution in [2.75, 3.05) is 13.1 Å². The van der Waals surface area contributed by atoms with Crippen molar-refractivity contribution < 1.29 is 0 Å². The molecule has 0 bridgehead atoms. The minimum absolute atomic E-state index is 0.380. The van der Waals surface area contributed by atoms with Gasteiger partial charge in [-0.1, -0.05) is 28.1 Å². The van der Waals surface area contributed by atoms with E-state index >= 15 is 0 Å². The molecule has 1 aromatic rings. The molecule has 14 heavy (non-hydrogen) atoms. The number of hydrogen-bond donors (Lipinski definition) is 1. The first kappa shape index (κ1) is 10.1. The zero-order valence-corrected chi connectivity index (χ0v) is 9.70. The molecular formula is C11H15BrN2. The van der Waals surface area contributed by atoms with Gasteiger partial charge in [-0.3, -0.25) is 4.90 Å². The first-order chi connectivity index (χ1) is 6.74. The van der Waals surface area contributed by atoms with Crippen LogP contribution in [0.3, 0.4) is 0 Å². The smallest absolute Gasteiger partial charge is 0.0234 e. The molecule has 1 saturated heterocycles. The highest BCUT2D eigenvalue weighted by atomic mass is 79.9. The van der Waals surface area contributed by atoms with Gasteiger partial charge >= 0.3 is 0 Å². The molecule has 1 heterocycles. The second kappa shape index (κ2) is 4.43. The molecule has 3 heteroatoms. The van der Waals surface area contributed by atoms with Gasteiger partial charge in [0.25, 0.3) is 0 Å². The zero-order chi connectivity index (χ0) is 9.97. The van der Waals surface area contributed by atoms with E-state index in [0.717, 1.165) is 30.5 Å². The fourth-order valence-corrected chi connectivity index (χ4v) is 2.12. The third-order valence-electron chi connectivity index (χ3n) is 2.63. The van der Waals surface area contributed by atoms with E-state index in [1.165, 1.54) is 5.56 Å². The molecule has 76 valence electrons. The van der Waals surface area contributed by atoms with Crippen LogP contribution in [0, 0.1) is 0 Å². The van der Waals surface area contributed by atoms with Gasteiger partial charge in [-0.25, -0.2) is 0 Å². The molecule has 1 aliphatic heterocycles. The molecule has 2 N–H and O–H groups in total. The maximum Gasteiger partial charge on any atom is 0.0234 e. The Bertz CT molecular complexity index is 297. The molecule has 0 radical (unpaired) electrons. The van der Waals surface area contributed by atoms with Gasteiger partial charge in [-0.2, -0.15) is 0 Å². The topological polar surface area (TPSA) is 29.3 Å². The number of halogens is 1. The van der Waals surface area contributed by atoms with Crippen LogP contribution in [0.4, 0.5) is 0 Å². The summed E-state index contributed by atoms with van der Waals surface area (Å²) in [4.78, 5) is 2.41. The molecule has 0 spiro atoms. The lowest BCUT2D eigenvalue weighted by molar-refractivity contribution is 0.327. The predicted molar refractivity (Wildman–Crippen MR) is 62.0 cm³/mol. The van der Waals surface area contributed by atoms with Crippen LogP contribution >= 0.6 is 15.9 Å². The number of hydrogen-bond acceptors (Lipinski definition) is 2. The van der Waals surface area contributed by atoms with Crippen LogP contribution in [0.2, 0.25) is 0 Å². The summed E-state index contributed by atoms with van der Waals surface area (Å²) in [6, 6.07) is 8.88. The lowest BCUT2D eigenvalue weighted by Gasteiger charge is -2.14. The lowest BCUT2D eigenvalue weighted by atomic mass is 10.2. The van der Waals surface area contributed by atoms with Gasteiger partial charge in [-0.05, 0) is 24.1 Å². The van der Waals surface area contributed by atoms with Crippen molar-refractivity contribution in [1.82, 2.24) is 4.90 Å². The minimum atomic E-state index is 0.380. The summed E-state index contributed by atoms with van der Waals surface area (Å²) in [7, 11) is 0. The van der Waals surface area contributed by atoms with Crippen LogP contribution in [0.1, 0.15) is 12.0 Å². The van der Waals surface area contributed by atoms with E-state index in [4.69, 9.17) is 5.73 Å². The number of nitrogens with zero attached hydrogens (tertiary/aromatic N) is 1. The lowest BCUT2D eigenvalue weighted by Crippen LogP contribution is -2.26. The molecule has 1 aliphatic rings. The van der Waals surface area contributed by atoms with Gasteiger partial charge in [0.1, 0.15) is 0 Å². The normalized spacial score (nSPS) is 22.9. The third kappa shape index (κ3) is 2.56. The van der Waals surface area contributed by atoms with E-state index in [9.17, 15) is 0 Å². The van der Waals surface area contributed by atoms with Gasteiger partial charge in [0.05, 0.1) is 0 Å². The highest BCUT2D eigenvalue weighted by Crippen LogP contribution is 2.15. The Kier molecular flexibility index (Phi) is 3.21. The van der Waals surface area contributed by atoms with Crippen LogP contribution in [0.15, 0.2) is 28.7 Å². The maximum atomic E-state index is 5.85. The quantitative estimate of drug-likeness (QED) is 0.875. The van der Waals surface area contributed by atoms with Crippen molar-refractivity contribution in [2.45, 2.75) is 19.0 Å². The molecule has 1 aromatic carbocycles. The largest absolute Gasteiger partial charge is 0.326 e. The number of benzene rings is 1. The summed E-state index contributed by atoms with van der Waals surface area (Å²) in [5.74, 6) is 0. The molecule has 1 atom stereocenters. The van der Waals surface area contributed by atoms with Crippen molar-refractivity contribution >= 4 is 15.9 Å². The zero-order valence-electron chi connectivity index (χ0n) is 8.12. The van der Waals surface area contributed by atoms with E-state index < -0.39 is 0 Å². The molecule has 2 nitrogen and oxygen atoms in total. The second-order valence-corrected chi connectivity index (χ2v) is 4.83. The Hall–Kier alpha value is -0.380. The molecule has 0 aromatic heterocycles.